The van der Waals surface area contributed by atoms with Crippen LogP contribution in [0.3, 0.4) is 0 Å². The molecule has 1 N–H and O–H groups in total. The summed E-state index contributed by atoms with van der Waals surface area (Å²) in [6, 6.07) is 0. The van der Waals surface area contributed by atoms with Crippen LogP contribution in [0.5, 0.6) is 0 Å². The highest BCUT2D eigenvalue weighted by molar-refractivity contribution is 5.93. The molecule has 0 aromatic carbocycles. The van der Waals surface area contributed by atoms with Crippen LogP contribution in [-0.4, -0.2) is 64.6 Å². The Kier molecular flexibility index (Phi) is 2.27. The van der Waals surface area contributed by atoms with E-state index in [1.807, 2.05) is 20.8 Å². The predicted octanol–water partition coefficient (Wildman–Crippen LogP) is 1.20. The number of cyclic esters (lactones) is 1. The van der Waals surface area contributed by atoms with Crippen LogP contribution < -0.4 is 0 Å². The lowest BCUT2D eigenvalue weighted by Crippen LogP contribution is -2.73. The molecule has 2 spiro atoms. The van der Waals surface area contributed by atoms with Gasteiger partial charge < -0.3 is 24.1 Å². The molecule has 27 heavy (non-hydrogen) atoms. The van der Waals surface area contributed by atoms with Gasteiger partial charge in [0.05, 0.1) is 6.10 Å². The molecule has 0 amide bonds. The Balaban J connectivity index is 1.42. The summed E-state index contributed by atoms with van der Waals surface area (Å²) >= 11 is 0. The molecular formula is C20H23FO6. The minimum absolute atomic E-state index is 0.0223. The van der Waals surface area contributed by atoms with Crippen molar-refractivity contribution in [1.29, 1.82) is 0 Å². The third-order valence-corrected chi connectivity index (χ3v) is 9.21. The fourth-order valence-corrected chi connectivity index (χ4v) is 7.63. The van der Waals surface area contributed by atoms with Crippen molar-refractivity contribution in [2.45, 2.75) is 86.9 Å². The fourth-order valence-electron chi connectivity index (χ4n) is 7.63. The molecule has 6 nitrogen and oxygen atoms in total. The number of alkyl halides is 1. The van der Waals surface area contributed by atoms with E-state index in [1.54, 1.807) is 0 Å². The van der Waals surface area contributed by atoms with Gasteiger partial charge in [0.15, 0.2) is 11.8 Å². The molecule has 146 valence electrons. The molecule has 2 unspecified atom stereocenters. The number of hydrogen-bond acceptors (Lipinski definition) is 6. The average Bonchev–Trinajstić information content (AvgIpc) is 3.49. The lowest BCUT2D eigenvalue weighted by Gasteiger charge is -2.57. The summed E-state index contributed by atoms with van der Waals surface area (Å²) in [6.07, 6.45) is -0.942. The van der Waals surface area contributed by atoms with Gasteiger partial charge in [-0.1, -0.05) is 20.8 Å². The van der Waals surface area contributed by atoms with Crippen molar-refractivity contribution in [3.63, 3.8) is 0 Å². The van der Waals surface area contributed by atoms with E-state index in [0.717, 1.165) is 0 Å². The number of carbonyl (C=O) groups is 1. The lowest BCUT2D eigenvalue weighted by molar-refractivity contribution is -0.153. The molecule has 7 heteroatoms. The molecule has 4 aliphatic heterocycles. The van der Waals surface area contributed by atoms with Crippen molar-refractivity contribution in [1.82, 2.24) is 0 Å². The van der Waals surface area contributed by atoms with E-state index in [2.05, 4.69) is 0 Å². The Morgan fingerprint density at radius 3 is 2.74 bits per heavy atom. The van der Waals surface area contributed by atoms with Gasteiger partial charge in [-0.2, -0.15) is 0 Å². The Bertz CT molecular complexity index is 871. The SMILES string of the molecule is CC(C)[C@]12O[C@H]1[C@@H]1OC13C1(O[C@H]1C[C@@]1(O)C4=C(CC[C@]31C)C(=O)OC4)[C@@H]2F. The van der Waals surface area contributed by atoms with Crippen LogP contribution in [-0.2, 0) is 23.7 Å². The highest BCUT2D eigenvalue weighted by atomic mass is 19.1. The van der Waals surface area contributed by atoms with Gasteiger partial charge in [0.25, 0.3) is 0 Å². The summed E-state index contributed by atoms with van der Waals surface area (Å²) in [5, 5.41) is 11.9. The Morgan fingerprint density at radius 2 is 2.00 bits per heavy atom. The minimum atomic E-state index is -1.28. The summed E-state index contributed by atoms with van der Waals surface area (Å²) in [4.78, 5) is 12.1. The van der Waals surface area contributed by atoms with Crippen LogP contribution in [0, 0.1) is 11.3 Å². The number of hydrogen-bond donors (Lipinski definition) is 1. The zero-order chi connectivity index (χ0) is 18.8. The summed E-state index contributed by atoms with van der Waals surface area (Å²) < 4.78 is 39.7. The van der Waals surface area contributed by atoms with Gasteiger partial charge in [0.1, 0.15) is 35.6 Å². The topological polar surface area (TPSA) is 84.1 Å². The van der Waals surface area contributed by atoms with Crippen molar-refractivity contribution in [2.24, 2.45) is 11.3 Å². The average molecular weight is 378 g/mol. The summed E-state index contributed by atoms with van der Waals surface area (Å²) in [7, 11) is 0. The number of fused-ring (bicyclic) bond motifs is 4. The second-order valence-electron chi connectivity index (χ2n) is 10.0. The van der Waals surface area contributed by atoms with Crippen molar-refractivity contribution in [3.05, 3.63) is 11.1 Å². The molecule has 7 aliphatic rings. The van der Waals surface area contributed by atoms with Gasteiger partial charge in [-0.05, 0) is 18.8 Å². The Morgan fingerprint density at radius 1 is 1.22 bits per heavy atom. The van der Waals surface area contributed by atoms with Crippen LogP contribution >= 0.6 is 0 Å². The van der Waals surface area contributed by atoms with Crippen molar-refractivity contribution in [3.8, 4) is 0 Å². The predicted molar refractivity (Wildman–Crippen MR) is 87.4 cm³/mol. The van der Waals surface area contributed by atoms with Crippen LogP contribution in [0.1, 0.15) is 40.0 Å². The smallest absolute Gasteiger partial charge is 0.334 e. The van der Waals surface area contributed by atoms with Crippen LogP contribution in [0.25, 0.3) is 0 Å². The number of aliphatic hydroxyl groups is 1. The molecule has 7 rings (SSSR count). The third kappa shape index (κ3) is 1.20. The van der Waals surface area contributed by atoms with E-state index in [9.17, 15) is 9.90 Å². The fraction of sp³-hybridized carbons (Fsp3) is 0.850. The van der Waals surface area contributed by atoms with Crippen LogP contribution in [0.4, 0.5) is 4.39 Å². The molecule has 0 radical (unpaired) electrons. The third-order valence-electron chi connectivity index (χ3n) is 9.21. The molecule has 0 aromatic heterocycles. The van der Waals surface area contributed by atoms with Gasteiger partial charge in [0.2, 0.25) is 0 Å². The maximum atomic E-state index is 16.0. The summed E-state index contributed by atoms with van der Waals surface area (Å²) in [6.45, 7) is 6.05. The standard InChI is InChI=1S/C20H23FO6/c1-8(2)18-12(26-18)13-20(27-13)16(3)5-4-9-10(7-24-14(9)22)17(16,23)6-11-19(20,25-11)15(18)21/h8,11-13,15,23H,4-7H2,1-3H3/t11-,12-,13-,15+,16-,17+,18-,19?,20?/m0/s1. The Labute approximate surface area is 156 Å². The van der Waals surface area contributed by atoms with Crippen molar-refractivity contribution < 1.29 is 33.2 Å². The zero-order valence-corrected chi connectivity index (χ0v) is 15.6. The van der Waals surface area contributed by atoms with Gasteiger partial charge in [-0.3, -0.25) is 0 Å². The van der Waals surface area contributed by atoms with Crippen molar-refractivity contribution >= 4 is 5.97 Å². The minimum Gasteiger partial charge on any atom is -0.458 e. The monoisotopic (exact) mass is 378 g/mol. The van der Waals surface area contributed by atoms with Crippen LogP contribution in [0.15, 0.2) is 11.1 Å². The van der Waals surface area contributed by atoms with E-state index in [4.69, 9.17) is 18.9 Å². The molecule has 9 atom stereocenters. The first-order valence-electron chi connectivity index (χ1n) is 10.0. The first kappa shape index (κ1) is 15.9. The van der Waals surface area contributed by atoms with Crippen LogP contribution in [0.2, 0.25) is 0 Å². The molecule has 4 heterocycles. The number of ether oxygens (including phenoxy) is 4. The highest BCUT2D eigenvalue weighted by Crippen LogP contribution is 2.84. The largest absolute Gasteiger partial charge is 0.458 e. The first-order valence-corrected chi connectivity index (χ1v) is 10.0. The highest BCUT2D eigenvalue weighted by Gasteiger charge is 3.02. The van der Waals surface area contributed by atoms with Crippen molar-refractivity contribution in [2.75, 3.05) is 6.61 Å². The van der Waals surface area contributed by atoms with Gasteiger partial charge in [-0.15, -0.1) is 0 Å². The molecule has 3 aliphatic carbocycles. The number of rotatable bonds is 1. The first-order chi connectivity index (χ1) is 12.7. The normalized spacial score (nSPS) is 64.0. The zero-order valence-electron chi connectivity index (χ0n) is 15.6. The molecule has 5 fully saturated rings. The number of carbonyl (C=O) groups excluding carboxylic acids is 1. The molecular weight excluding hydrogens is 355 g/mol. The van der Waals surface area contributed by atoms with Gasteiger partial charge >= 0.3 is 5.97 Å². The van der Waals surface area contributed by atoms with E-state index in [-0.39, 0.29) is 37.1 Å². The number of esters is 1. The quantitative estimate of drug-likeness (QED) is 0.545. The Hall–Kier alpha value is -1.02. The molecule has 3 saturated heterocycles. The number of epoxide rings is 3. The molecule has 2 saturated carbocycles. The van der Waals surface area contributed by atoms with E-state index < -0.39 is 40.1 Å². The second-order valence-corrected chi connectivity index (χ2v) is 10.0. The maximum Gasteiger partial charge on any atom is 0.334 e. The molecule has 0 bridgehead atoms. The maximum absolute atomic E-state index is 16.0. The summed E-state index contributed by atoms with van der Waals surface area (Å²) in [5.74, 6) is -0.315. The number of halogens is 1. The molecule has 0 aromatic rings. The van der Waals surface area contributed by atoms with Gasteiger partial charge in [-0.25, -0.2) is 9.18 Å². The van der Waals surface area contributed by atoms with E-state index in [0.29, 0.717) is 24.0 Å². The van der Waals surface area contributed by atoms with E-state index >= 15 is 4.39 Å². The van der Waals surface area contributed by atoms with E-state index in [1.165, 1.54) is 0 Å². The summed E-state index contributed by atoms with van der Waals surface area (Å²) in [5.41, 5.74) is -3.57. The lowest BCUT2D eigenvalue weighted by atomic mass is 9.45. The van der Waals surface area contributed by atoms with Gasteiger partial charge in [0, 0.05) is 23.0 Å². The second kappa shape index (κ2) is 3.86.